The topological polar surface area (TPSA) is 98.8 Å². The second kappa shape index (κ2) is 7.26. The van der Waals surface area contributed by atoms with Crippen LogP contribution in [0.3, 0.4) is 0 Å². The van der Waals surface area contributed by atoms with Crippen LogP contribution in [0.5, 0.6) is 0 Å². The Balaban J connectivity index is 1.29. The molecule has 1 aromatic rings. The van der Waals surface area contributed by atoms with Gasteiger partial charge in [-0.25, -0.2) is 4.79 Å². The first kappa shape index (κ1) is 18.5. The number of hydrogen-bond donors (Lipinski definition) is 2. The minimum atomic E-state index is -0.529. The standard InChI is InChI=1S/C20H24N4O4/c1-12-6-16(12)19(27)24-9-14-3-2-13(7-15(14)10-24)8-21-18(26)11-23-5-4-17(25)22-20(23)28/h2-3,7,12,16H,4-6,8-11H2,1H3,(H,21,26)(H,22,25,28). The smallest absolute Gasteiger partial charge is 0.324 e. The monoisotopic (exact) mass is 384 g/mol. The summed E-state index contributed by atoms with van der Waals surface area (Å²) in [6.07, 6.45) is 1.20. The highest BCUT2D eigenvalue weighted by Gasteiger charge is 2.42. The number of benzene rings is 1. The van der Waals surface area contributed by atoms with E-state index in [1.807, 2.05) is 23.1 Å². The van der Waals surface area contributed by atoms with Crippen molar-refractivity contribution in [2.45, 2.75) is 39.4 Å². The lowest BCUT2D eigenvalue weighted by Crippen LogP contribution is -2.52. The molecule has 28 heavy (non-hydrogen) atoms. The van der Waals surface area contributed by atoms with Crippen molar-refractivity contribution >= 4 is 23.8 Å². The molecule has 1 saturated heterocycles. The molecule has 2 N–H and O–H groups in total. The third-order valence-corrected chi connectivity index (χ3v) is 5.70. The summed E-state index contributed by atoms with van der Waals surface area (Å²) >= 11 is 0. The van der Waals surface area contributed by atoms with Crippen LogP contribution in [0.4, 0.5) is 4.79 Å². The van der Waals surface area contributed by atoms with Gasteiger partial charge in [0, 0.05) is 38.5 Å². The van der Waals surface area contributed by atoms with Gasteiger partial charge in [0.25, 0.3) is 0 Å². The molecule has 5 amide bonds. The molecule has 4 rings (SSSR count). The van der Waals surface area contributed by atoms with E-state index in [2.05, 4.69) is 17.6 Å². The van der Waals surface area contributed by atoms with E-state index < -0.39 is 6.03 Å². The molecular weight excluding hydrogens is 360 g/mol. The minimum absolute atomic E-state index is 0.0775. The molecule has 2 heterocycles. The Labute approximate surface area is 163 Å². The zero-order chi connectivity index (χ0) is 19.8. The van der Waals surface area contributed by atoms with Crippen molar-refractivity contribution in [2.24, 2.45) is 11.8 Å². The summed E-state index contributed by atoms with van der Waals surface area (Å²) in [5, 5.41) is 5.01. The molecule has 0 bridgehead atoms. The van der Waals surface area contributed by atoms with Crippen molar-refractivity contribution in [3.05, 3.63) is 34.9 Å². The zero-order valence-electron chi connectivity index (χ0n) is 15.9. The molecule has 8 nitrogen and oxygen atoms in total. The van der Waals surface area contributed by atoms with Crippen LogP contribution in [0.1, 0.15) is 36.5 Å². The van der Waals surface area contributed by atoms with Crippen LogP contribution in [-0.4, -0.2) is 46.6 Å². The molecule has 148 valence electrons. The van der Waals surface area contributed by atoms with Gasteiger partial charge in [0.15, 0.2) is 0 Å². The average Bonchev–Trinajstić information content (AvgIpc) is 3.24. The van der Waals surface area contributed by atoms with Crippen LogP contribution in [-0.2, 0) is 34.0 Å². The van der Waals surface area contributed by atoms with Gasteiger partial charge >= 0.3 is 6.03 Å². The molecule has 2 fully saturated rings. The number of hydrogen-bond acceptors (Lipinski definition) is 4. The van der Waals surface area contributed by atoms with Crippen molar-refractivity contribution < 1.29 is 19.2 Å². The van der Waals surface area contributed by atoms with Gasteiger partial charge < -0.3 is 15.1 Å². The Morgan fingerprint density at radius 1 is 1.21 bits per heavy atom. The van der Waals surface area contributed by atoms with Crippen molar-refractivity contribution in [2.75, 3.05) is 13.1 Å². The first-order valence-corrected chi connectivity index (χ1v) is 9.65. The van der Waals surface area contributed by atoms with Crippen molar-refractivity contribution in [3.63, 3.8) is 0 Å². The minimum Gasteiger partial charge on any atom is -0.350 e. The number of amides is 5. The van der Waals surface area contributed by atoms with Gasteiger partial charge in [0.05, 0.1) is 0 Å². The second-order valence-corrected chi connectivity index (χ2v) is 7.92. The number of carbonyl (C=O) groups excluding carboxylic acids is 4. The second-order valence-electron chi connectivity index (χ2n) is 7.92. The fraction of sp³-hybridized carbons (Fsp3) is 0.500. The summed E-state index contributed by atoms with van der Waals surface area (Å²) in [7, 11) is 0. The van der Waals surface area contributed by atoms with Crippen LogP contribution in [0.2, 0.25) is 0 Å². The number of fused-ring (bicyclic) bond motifs is 1. The van der Waals surface area contributed by atoms with E-state index in [0.717, 1.165) is 23.1 Å². The molecule has 2 atom stereocenters. The van der Waals surface area contributed by atoms with Gasteiger partial charge in [-0.1, -0.05) is 25.1 Å². The quantitative estimate of drug-likeness (QED) is 0.782. The maximum atomic E-state index is 12.4. The number of nitrogens with one attached hydrogen (secondary N) is 2. The predicted molar refractivity (Wildman–Crippen MR) is 99.5 cm³/mol. The van der Waals surface area contributed by atoms with Gasteiger partial charge in [-0.15, -0.1) is 0 Å². The molecule has 0 radical (unpaired) electrons. The first-order chi connectivity index (χ1) is 13.4. The summed E-state index contributed by atoms with van der Waals surface area (Å²) in [5.74, 6) is 0.349. The fourth-order valence-electron chi connectivity index (χ4n) is 3.79. The molecule has 2 unspecified atom stereocenters. The third-order valence-electron chi connectivity index (χ3n) is 5.70. The van der Waals surface area contributed by atoms with E-state index >= 15 is 0 Å². The Morgan fingerprint density at radius 3 is 2.68 bits per heavy atom. The summed E-state index contributed by atoms with van der Waals surface area (Å²) in [4.78, 5) is 50.6. The van der Waals surface area contributed by atoms with Crippen LogP contribution in [0.15, 0.2) is 18.2 Å². The molecule has 0 spiro atoms. The molecule has 1 aliphatic carbocycles. The zero-order valence-corrected chi connectivity index (χ0v) is 15.9. The average molecular weight is 384 g/mol. The Bertz CT molecular complexity index is 853. The lowest BCUT2D eigenvalue weighted by molar-refractivity contribution is -0.133. The SMILES string of the molecule is CC1CC1C(=O)N1Cc2ccc(CNC(=O)CN3CCC(=O)NC3=O)cc2C1. The molecule has 3 aliphatic rings. The molecule has 1 saturated carbocycles. The van der Waals surface area contributed by atoms with Gasteiger partial charge in [-0.2, -0.15) is 0 Å². The normalized spacial score (nSPS) is 23.3. The Hall–Kier alpha value is -2.90. The van der Waals surface area contributed by atoms with E-state index in [9.17, 15) is 19.2 Å². The number of rotatable bonds is 5. The highest BCUT2D eigenvalue weighted by Crippen LogP contribution is 2.40. The number of nitrogens with zero attached hydrogens (tertiary/aromatic N) is 2. The molecule has 1 aromatic carbocycles. The summed E-state index contributed by atoms with van der Waals surface area (Å²) in [5.41, 5.74) is 3.24. The van der Waals surface area contributed by atoms with Crippen LogP contribution in [0, 0.1) is 11.8 Å². The maximum absolute atomic E-state index is 12.4. The fourth-order valence-corrected chi connectivity index (χ4v) is 3.79. The Kier molecular flexibility index (Phi) is 4.78. The first-order valence-electron chi connectivity index (χ1n) is 9.65. The maximum Gasteiger partial charge on any atom is 0.324 e. The number of carbonyl (C=O) groups is 4. The van der Waals surface area contributed by atoms with Gasteiger partial charge in [-0.3, -0.25) is 19.7 Å². The molecule has 2 aliphatic heterocycles. The van der Waals surface area contributed by atoms with Crippen LogP contribution in [0.25, 0.3) is 0 Å². The number of urea groups is 1. The van der Waals surface area contributed by atoms with Gasteiger partial charge in [-0.05, 0) is 29.0 Å². The molecule has 0 aromatic heterocycles. The molecular formula is C20H24N4O4. The van der Waals surface area contributed by atoms with Crippen LogP contribution < -0.4 is 10.6 Å². The highest BCUT2D eigenvalue weighted by molar-refractivity contribution is 5.98. The Morgan fingerprint density at radius 2 is 1.96 bits per heavy atom. The summed E-state index contributed by atoms with van der Waals surface area (Å²) in [6.45, 7) is 3.92. The third kappa shape index (κ3) is 3.85. The largest absolute Gasteiger partial charge is 0.350 e. The van der Waals surface area contributed by atoms with E-state index in [0.29, 0.717) is 25.6 Å². The van der Waals surface area contributed by atoms with Gasteiger partial charge in [0.2, 0.25) is 17.7 Å². The van der Waals surface area contributed by atoms with Crippen molar-refractivity contribution in [1.82, 2.24) is 20.4 Å². The lowest BCUT2D eigenvalue weighted by atomic mass is 10.1. The summed E-state index contributed by atoms with van der Waals surface area (Å²) < 4.78 is 0. The van der Waals surface area contributed by atoms with Crippen molar-refractivity contribution in [1.29, 1.82) is 0 Å². The molecule has 8 heteroatoms. The van der Waals surface area contributed by atoms with Gasteiger partial charge in [0.1, 0.15) is 6.54 Å². The van der Waals surface area contributed by atoms with E-state index in [4.69, 9.17) is 0 Å². The summed E-state index contributed by atoms with van der Waals surface area (Å²) in [6, 6.07) is 5.48. The van der Waals surface area contributed by atoms with Crippen LogP contribution >= 0.6 is 0 Å². The van der Waals surface area contributed by atoms with E-state index in [1.165, 1.54) is 4.90 Å². The number of imide groups is 1. The predicted octanol–water partition coefficient (Wildman–Crippen LogP) is 0.743. The van der Waals surface area contributed by atoms with E-state index in [-0.39, 0.29) is 43.1 Å². The van der Waals surface area contributed by atoms with Crippen molar-refractivity contribution in [3.8, 4) is 0 Å². The van der Waals surface area contributed by atoms with E-state index in [1.54, 1.807) is 0 Å². The lowest BCUT2D eigenvalue weighted by Gasteiger charge is -2.25. The highest BCUT2D eigenvalue weighted by atomic mass is 16.2.